The molecule has 0 amide bonds. The van der Waals surface area contributed by atoms with Gasteiger partial charge in [0.25, 0.3) is 0 Å². The third kappa shape index (κ3) is 6.97. The molecule has 0 aliphatic rings. The van der Waals surface area contributed by atoms with Gasteiger partial charge < -0.3 is 15.7 Å². The average molecular weight is 343 g/mol. The van der Waals surface area contributed by atoms with E-state index in [1.165, 1.54) is 0 Å². The summed E-state index contributed by atoms with van der Waals surface area (Å²) in [7, 11) is 0. The molecule has 0 spiro atoms. The molecule has 25 heavy (non-hydrogen) atoms. The Hall–Kier alpha value is -2.34. The topological polar surface area (TPSA) is 74.5 Å². The number of guanidine groups is 1. The molecule has 2 aromatic rings. The minimum Gasteiger partial charge on any atom is -0.388 e. The van der Waals surface area contributed by atoms with E-state index in [0.717, 1.165) is 31.2 Å². The van der Waals surface area contributed by atoms with Gasteiger partial charge in [0.1, 0.15) is 0 Å². The van der Waals surface area contributed by atoms with E-state index in [-0.39, 0.29) is 0 Å². The minimum atomic E-state index is -0.463. The third-order valence-electron chi connectivity index (χ3n) is 3.86. The highest BCUT2D eigenvalue weighted by Gasteiger charge is 2.08. The lowest BCUT2D eigenvalue weighted by Gasteiger charge is -2.15. The second kappa shape index (κ2) is 10.5. The van der Waals surface area contributed by atoms with Crippen molar-refractivity contribution >= 4 is 5.96 Å². The number of rotatable bonds is 9. The predicted octanol–water partition coefficient (Wildman–Crippen LogP) is 2.20. The highest BCUT2D eigenvalue weighted by atomic mass is 16.3. The number of nitrogens with one attached hydrogen (secondary N) is 2. The van der Waals surface area contributed by atoms with Crippen LogP contribution in [0.25, 0.3) is 0 Å². The number of benzene rings is 1. The molecule has 1 aromatic carbocycles. The standard InChI is InChI=1S/C19H29N5O/c1-3-20-19(22-14-16(2)15-24-13-7-11-23-24)21-12-10-18(25)17-8-5-4-6-9-17/h4-9,11,13,16,18,25H,3,10,12,14-15H2,1-2H3,(H2,20,21,22). The summed E-state index contributed by atoms with van der Waals surface area (Å²) in [5.74, 6) is 1.18. The zero-order valence-corrected chi connectivity index (χ0v) is 15.1. The summed E-state index contributed by atoms with van der Waals surface area (Å²) in [5.41, 5.74) is 0.944. The molecule has 136 valence electrons. The van der Waals surface area contributed by atoms with Crippen molar-refractivity contribution < 1.29 is 5.11 Å². The van der Waals surface area contributed by atoms with E-state index < -0.39 is 6.10 Å². The lowest BCUT2D eigenvalue weighted by Crippen LogP contribution is -2.38. The van der Waals surface area contributed by atoms with Crippen molar-refractivity contribution in [3.63, 3.8) is 0 Å². The molecule has 6 nitrogen and oxygen atoms in total. The van der Waals surface area contributed by atoms with Crippen LogP contribution in [0.2, 0.25) is 0 Å². The molecule has 1 aromatic heterocycles. The maximum Gasteiger partial charge on any atom is 0.191 e. The van der Waals surface area contributed by atoms with Crippen molar-refractivity contribution in [2.75, 3.05) is 19.6 Å². The fraction of sp³-hybridized carbons (Fsp3) is 0.474. The van der Waals surface area contributed by atoms with Crippen LogP contribution >= 0.6 is 0 Å². The normalized spacial score (nSPS) is 14.1. The molecule has 2 atom stereocenters. The van der Waals surface area contributed by atoms with Crippen LogP contribution in [0.4, 0.5) is 0 Å². The first-order valence-electron chi connectivity index (χ1n) is 8.91. The van der Waals surface area contributed by atoms with Gasteiger partial charge in [0.05, 0.1) is 6.10 Å². The Kier molecular flexibility index (Phi) is 7.98. The van der Waals surface area contributed by atoms with Gasteiger partial charge in [0.2, 0.25) is 0 Å². The average Bonchev–Trinajstić information content (AvgIpc) is 3.13. The second-order valence-electron chi connectivity index (χ2n) is 6.19. The molecule has 0 bridgehead atoms. The van der Waals surface area contributed by atoms with Gasteiger partial charge in [-0.25, -0.2) is 0 Å². The summed E-state index contributed by atoms with van der Waals surface area (Å²) >= 11 is 0. The lowest BCUT2D eigenvalue weighted by molar-refractivity contribution is 0.168. The van der Waals surface area contributed by atoms with Gasteiger partial charge >= 0.3 is 0 Å². The number of aliphatic hydroxyl groups excluding tert-OH is 1. The van der Waals surface area contributed by atoms with Gasteiger partial charge in [-0.3, -0.25) is 9.67 Å². The zero-order chi connectivity index (χ0) is 17.9. The Morgan fingerprint density at radius 2 is 2.04 bits per heavy atom. The molecule has 3 N–H and O–H groups in total. The van der Waals surface area contributed by atoms with Crippen molar-refractivity contribution in [2.45, 2.75) is 32.9 Å². The van der Waals surface area contributed by atoms with Crippen molar-refractivity contribution in [1.82, 2.24) is 20.4 Å². The monoisotopic (exact) mass is 343 g/mol. The van der Waals surface area contributed by atoms with Gasteiger partial charge in [0.15, 0.2) is 5.96 Å². The van der Waals surface area contributed by atoms with E-state index in [1.807, 2.05) is 54.2 Å². The number of hydrogen-bond donors (Lipinski definition) is 3. The van der Waals surface area contributed by atoms with Gasteiger partial charge in [-0.05, 0) is 30.9 Å². The Balaban J connectivity index is 1.77. The van der Waals surface area contributed by atoms with Gasteiger partial charge in [0, 0.05) is 38.6 Å². The fourth-order valence-corrected chi connectivity index (χ4v) is 2.54. The van der Waals surface area contributed by atoms with Gasteiger partial charge in [-0.15, -0.1) is 0 Å². The summed E-state index contributed by atoms with van der Waals surface area (Å²) in [6.45, 7) is 7.24. The van der Waals surface area contributed by atoms with E-state index in [9.17, 15) is 5.11 Å². The van der Waals surface area contributed by atoms with Gasteiger partial charge in [-0.2, -0.15) is 5.10 Å². The zero-order valence-electron chi connectivity index (χ0n) is 15.1. The van der Waals surface area contributed by atoms with Crippen molar-refractivity contribution in [3.8, 4) is 0 Å². The molecule has 2 unspecified atom stereocenters. The first-order chi connectivity index (χ1) is 12.2. The van der Waals surface area contributed by atoms with E-state index in [1.54, 1.807) is 6.20 Å². The lowest BCUT2D eigenvalue weighted by atomic mass is 10.1. The first-order valence-corrected chi connectivity index (χ1v) is 8.91. The van der Waals surface area contributed by atoms with Crippen molar-refractivity contribution in [3.05, 3.63) is 54.4 Å². The van der Waals surface area contributed by atoms with Crippen molar-refractivity contribution in [2.24, 2.45) is 10.9 Å². The third-order valence-corrected chi connectivity index (χ3v) is 3.86. The molecule has 0 aliphatic carbocycles. The van der Waals surface area contributed by atoms with Crippen LogP contribution in [0.5, 0.6) is 0 Å². The molecule has 0 aliphatic heterocycles. The van der Waals surface area contributed by atoms with Crippen LogP contribution in [0.3, 0.4) is 0 Å². The van der Waals surface area contributed by atoms with E-state index >= 15 is 0 Å². The maximum absolute atomic E-state index is 10.2. The van der Waals surface area contributed by atoms with Crippen LogP contribution in [0.15, 0.2) is 53.8 Å². The van der Waals surface area contributed by atoms with E-state index in [2.05, 4.69) is 27.6 Å². The molecule has 6 heteroatoms. The fourth-order valence-electron chi connectivity index (χ4n) is 2.54. The van der Waals surface area contributed by atoms with Crippen LogP contribution in [-0.2, 0) is 6.54 Å². The SMILES string of the molecule is CCNC(=NCC(C)Cn1cccn1)NCCC(O)c1ccccc1. The minimum absolute atomic E-state index is 0.394. The smallest absolute Gasteiger partial charge is 0.191 e. The molecule has 2 rings (SSSR count). The molecule has 0 saturated carbocycles. The van der Waals surface area contributed by atoms with Crippen LogP contribution in [0, 0.1) is 5.92 Å². The molecule has 0 radical (unpaired) electrons. The van der Waals surface area contributed by atoms with Crippen molar-refractivity contribution in [1.29, 1.82) is 0 Å². The summed E-state index contributed by atoms with van der Waals surface area (Å²) in [6.07, 6.45) is 3.93. The summed E-state index contributed by atoms with van der Waals surface area (Å²) in [4.78, 5) is 4.64. The highest BCUT2D eigenvalue weighted by Crippen LogP contribution is 2.14. The molecular formula is C19H29N5O. The number of aromatic nitrogens is 2. The molecular weight excluding hydrogens is 314 g/mol. The summed E-state index contributed by atoms with van der Waals surface area (Å²) in [6, 6.07) is 11.7. The molecule has 0 saturated heterocycles. The van der Waals surface area contributed by atoms with Gasteiger partial charge in [-0.1, -0.05) is 37.3 Å². The predicted molar refractivity (Wildman–Crippen MR) is 101 cm³/mol. The summed E-state index contributed by atoms with van der Waals surface area (Å²) < 4.78 is 1.93. The number of hydrogen-bond acceptors (Lipinski definition) is 3. The quantitative estimate of drug-likeness (QED) is 0.482. The highest BCUT2D eigenvalue weighted by molar-refractivity contribution is 5.79. The maximum atomic E-state index is 10.2. The Morgan fingerprint density at radius 1 is 1.24 bits per heavy atom. The molecule has 0 fully saturated rings. The van der Waals surface area contributed by atoms with E-state index in [0.29, 0.717) is 18.9 Å². The number of aliphatic hydroxyl groups is 1. The Bertz CT molecular complexity index is 612. The molecule has 1 heterocycles. The Labute approximate surface area is 150 Å². The Morgan fingerprint density at radius 3 is 2.72 bits per heavy atom. The van der Waals surface area contributed by atoms with E-state index in [4.69, 9.17) is 0 Å². The number of aliphatic imine (C=N–C) groups is 1. The van der Waals surface area contributed by atoms with Crippen LogP contribution < -0.4 is 10.6 Å². The summed E-state index contributed by atoms with van der Waals surface area (Å²) in [5, 5.41) is 21.0. The largest absolute Gasteiger partial charge is 0.388 e. The van der Waals surface area contributed by atoms with Crippen LogP contribution in [0.1, 0.15) is 31.9 Å². The first kappa shape index (κ1) is 19.0. The second-order valence-corrected chi connectivity index (χ2v) is 6.19. The van der Waals surface area contributed by atoms with Crippen LogP contribution in [-0.4, -0.2) is 40.5 Å². The number of nitrogens with zero attached hydrogens (tertiary/aromatic N) is 3.